The Labute approximate surface area is 137 Å². The maximum Gasteiger partial charge on any atom is 0.344 e. The molecule has 0 fully saturated rings. The number of nitro benzene ring substituents is 1. The molecule has 0 atom stereocenters. The molecular weight excluding hydrogens is 294 g/mol. The first-order valence-corrected chi connectivity index (χ1v) is 8.13. The van der Waals surface area contributed by atoms with Crippen LogP contribution in [0.5, 0.6) is 0 Å². The average molecular weight is 319 g/mol. The van der Waals surface area contributed by atoms with Crippen molar-refractivity contribution in [3.8, 4) is 0 Å². The minimum Gasteiger partial charge on any atom is -0.465 e. The van der Waals surface area contributed by atoms with E-state index in [1.807, 2.05) is 12.2 Å². The molecule has 0 saturated carbocycles. The highest BCUT2D eigenvalue weighted by atomic mass is 16.6. The fourth-order valence-electron chi connectivity index (χ4n) is 2.35. The SMILES string of the molecule is CCCCCCCC/C=C/c1ccc([N+](=O)[O-])c(C(=O)OC)c1. The Morgan fingerprint density at radius 2 is 1.91 bits per heavy atom. The monoisotopic (exact) mass is 319 g/mol. The molecule has 5 nitrogen and oxygen atoms in total. The Morgan fingerprint density at radius 1 is 1.22 bits per heavy atom. The van der Waals surface area contributed by atoms with Crippen LogP contribution in [-0.4, -0.2) is 18.0 Å². The molecule has 5 heteroatoms. The second-order valence-corrected chi connectivity index (χ2v) is 5.48. The maximum atomic E-state index is 11.6. The summed E-state index contributed by atoms with van der Waals surface area (Å²) in [5, 5.41) is 10.9. The molecule has 23 heavy (non-hydrogen) atoms. The predicted molar refractivity (Wildman–Crippen MR) is 91.5 cm³/mol. The van der Waals surface area contributed by atoms with Crippen molar-refractivity contribution < 1.29 is 14.5 Å². The van der Waals surface area contributed by atoms with Crippen molar-refractivity contribution in [3.63, 3.8) is 0 Å². The van der Waals surface area contributed by atoms with Gasteiger partial charge in [0.15, 0.2) is 0 Å². The van der Waals surface area contributed by atoms with Crippen LogP contribution in [0.1, 0.15) is 67.8 Å². The van der Waals surface area contributed by atoms with Crippen LogP contribution in [0.25, 0.3) is 6.08 Å². The lowest BCUT2D eigenvalue weighted by Crippen LogP contribution is -2.05. The molecule has 0 saturated heterocycles. The first kappa shape index (κ1) is 18.9. The van der Waals surface area contributed by atoms with E-state index in [0.717, 1.165) is 18.4 Å². The fourth-order valence-corrected chi connectivity index (χ4v) is 2.35. The Bertz CT molecular complexity index is 552. The van der Waals surface area contributed by atoms with Crippen molar-refractivity contribution in [2.24, 2.45) is 0 Å². The highest BCUT2D eigenvalue weighted by Crippen LogP contribution is 2.22. The Balaban J connectivity index is 2.58. The Kier molecular flexibility index (Phi) is 8.65. The molecule has 0 amide bonds. The van der Waals surface area contributed by atoms with Gasteiger partial charge in [0.05, 0.1) is 12.0 Å². The number of benzene rings is 1. The van der Waals surface area contributed by atoms with Crippen molar-refractivity contribution in [3.05, 3.63) is 45.5 Å². The van der Waals surface area contributed by atoms with Crippen LogP contribution in [0.3, 0.4) is 0 Å². The highest BCUT2D eigenvalue weighted by molar-refractivity contribution is 5.94. The number of carbonyl (C=O) groups excluding carboxylic acids is 1. The van der Waals surface area contributed by atoms with Gasteiger partial charge in [0.25, 0.3) is 5.69 Å². The number of nitro groups is 1. The molecule has 0 aliphatic carbocycles. The predicted octanol–water partition coefficient (Wildman–Crippen LogP) is 5.15. The molecule has 0 bridgehead atoms. The lowest BCUT2D eigenvalue weighted by Gasteiger charge is -2.02. The molecule has 0 N–H and O–H groups in total. The number of carbonyl (C=O) groups is 1. The minimum atomic E-state index is -0.692. The quantitative estimate of drug-likeness (QED) is 0.259. The van der Waals surface area contributed by atoms with E-state index in [2.05, 4.69) is 11.7 Å². The number of ether oxygens (including phenoxy) is 1. The van der Waals surface area contributed by atoms with Crippen LogP contribution < -0.4 is 0 Å². The third kappa shape index (κ3) is 6.63. The van der Waals surface area contributed by atoms with Crippen molar-refractivity contribution in [1.29, 1.82) is 0 Å². The molecule has 0 aromatic heterocycles. The smallest absolute Gasteiger partial charge is 0.344 e. The van der Waals surface area contributed by atoms with Gasteiger partial charge in [-0.3, -0.25) is 10.1 Å². The summed E-state index contributed by atoms with van der Waals surface area (Å²) in [5.74, 6) is -0.692. The number of allylic oxidation sites excluding steroid dienone is 1. The number of methoxy groups -OCH3 is 1. The molecule has 0 aliphatic rings. The topological polar surface area (TPSA) is 69.4 Å². The molecule has 1 rings (SSSR count). The third-order valence-corrected chi connectivity index (χ3v) is 3.66. The summed E-state index contributed by atoms with van der Waals surface area (Å²) in [6.07, 6.45) is 12.4. The molecule has 1 aromatic carbocycles. The van der Waals surface area contributed by atoms with Crippen LogP contribution in [0.15, 0.2) is 24.3 Å². The van der Waals surface area contributed by atoms with E-state index in [-0.39, 0.29) is 11.3 Å². The normalized spacial score (nSPS) is 10.9. The minimum absolute atomic E-state index is 0.0146. The zero-order chi connectivity index (χ0) is 17.1. The van der Waals surface area contributed by atoms with Crippen LogP contribution in [-0.2, 0) is 4.74 Å². The lowest BCUT2D eigenvalue weighted by molar-refractivity contribution is -0.385. The van der Waals surface area contributed by atoms with E-state index in [1.165, 1.54) is 51.3 Å². The molecule has 126 valence electrons. The zero-order valence-electron chi connectivity index (χ0n) is 13.9. The lowest BCUT2D eigenvalue weighted by atomic mass is 10.1. The van der Waals surface area contributed by atoms with Crippen LogP contribution >= 0.6 is 0 Å². The molecule has 0 aliphatic heterocycles. The number of rotatable bonds is 10. The third-order valence-electron chi connectivity index (χ3n) is 3.66. The number of hydrogen-bond acceptors (Lipinski definition) is 4. The average Bonchev–Trinajstić information content (AvgIpc) is 2.56. The molecule has 1 aromatic rings. The summed E-state index contributed by atoms with van der Waals surface area (Å²) in [4.78, 5) is 22.0. The van der Waals surface area contributed by atoms with Gasteiger partial charge in [-0.15, -0.1) is 0 Å². The van der Waals surface area contributed by atoms with Crippen LogP contribution in [0.4, 0.5) is 5.69 Å². The summed E-state index contributed by atoms with van der Waals surface area (Å²) < 4.78 is 4.60. The summed E-state index contributed by atoms with van der Waals surface area (Å²) in [6.45, 7) is 2.20. The van der Waals surface area contributed by atoms with E-state index in [1.54, 1.807) is 6.07 Å². The van der Waals surface area contributed by atoms with Crippen molar-refractivity contribution in [2.45, 2.75) is 51.9 Å². The number of esters is 1. The second-order valence-electron chi connectivity index (χ2n) is 5.48. The fraction of sp³-hybridized carbons (Fsp3) is 0.500. The van der Waals surface area contributed by atoms with Gasteiger partial charge in [0, 0.05) is 6.07 Å². The van der Waals surface area contributed by atoms with Crippen LogP contribution in [0.2, 0.25) is 0 Å². The van der Waals surface area contributed by atoms with Crippen LogP contribution in [0, 0.1) is 10.1 Å². The summed E-state index contributed by atoms with van der Waals surface area (Å²) in [6, 6.07) is 4.49. The van der Waals surface area contributed by atoms with Gasteiger partial charge in [-0.05, 0) is 30.5 Å². The zero-order valence-corrected chi connectivity index (χ0v) is 13.9. The van der Waals surface area contributed by atoms with Crippen molar-refractivity contribution in [2.75, 3.05) is 7.11 Å². The van der Waals surface area contributed by atoms with E-state index < -0.39 is 10.9 Å². The van der Waals surface area contributed by atoms with E-state index in [9.17, 15) is 14.9 Å². The van der Waals surface area contributed by atoms with Gasteiger partial charge in [0.1, 0.15) is 5.56 Å². The van der Waals surface area contributed by atoms with Gasteiger partial charge in [-0.1, -0.05) is 51.2 Å². The second kappa shape index (κ2) is 10.5. The van der Waals surface area contributed by atoms with Gasteiger partial charge >= 0.3 is 5.97 Å². The number of hydrogen-bond donors (Lipinski definition) is 0. The molecule has 0 unspecified atom stereocenters. The molecular formula is C18H25NO4. The van der Waals surface area contributed by atoms with Crippen molar-refractivity contribution in [1.82, 2.24) is 0 Å². The first-order valence-electron chi connectivity index (χ1n) is 8.13. The van der Waals surface area contributed by atoms with Crippen molar-refractivity contribution >= 4 is 17.7 Å². The number of unbranched alkanes of at least 4 members (excludes halogenated alkanes) is 6. The highest BCUT2D eigenvalue weighted by Gasteiger charge is 2.20. The summed E-state index contributed by atoms with van der Waals surface area (Å²) in [5.41, 5.74) is 0.520. The largest absolute Gasteiger partial charge is 0.465 e. The van der Waals surface area contributed by atoms with Gasteiger partial charge in [-0.25, -0.2) is 4.79 Å². The Morgan fingerprint density at radius 3 is 2.57 bits per heavy atom. The number of nitrogens with zero attached hydrogens (tertiary/aromatic N) is 1. The maximum absolute atomic E-state index is 11.6. The molecule has 0 spiro atoms. The van der Waals surface area contributed by atoms with E-state index in [4.69, 9.17) is 0 Å². The summed E-state index contributed by atoms with van der Waals surface area (Å²) >= 11 is 0. The van der Waals surface area contributed by atoms with Gasteiger partial charge in [0.2, 0.25) is 0 Å². The summed E-state index contributed by atoms with van der Waals surface area (Å²) in [7, 11) is 1.22. The molecule has 0 radical (unpaired) electrons. The standard InChI is InChI=1S/C18H25NO4/c1-3-4-5-6-7-8-9-10-11-15-12-13-17(19(21)22)16(14-15)18(20)23-2/h10-14H,3-9H2,1-2H3/b11-10+. The van der Waals surface area contributed by atoms with Gasteiger partial charge in [-0.2, -0.15) is 0 Å². The first-order chi connectivity index (χ1) is 11.1. The van der Waals surface area contributed by atoms with Gasteiger partial charge < -0.3 is 4.74 Å². The van der Waals surface area contributed by atoms with E-state index in [0.29, 0.717) is 0 Å². The molecule has 0 heterocycles. The van der Waals surface area contributed by atoms with E-state index >= 15 is 0 Å². The Hall–Kier alpha value is -2.17.